The Balaban J connectivity index is 2.21. The lowest BCUT2D eigenvalue weighted by Crippen LogP contribution is -2.06. The highest BCUT2D eigenvalue weighted by molar-refractivity contribution is 5.93. The molecule has 1 aliphatic carbocycles. The topological polar surface area (TPSA) is 44.6 Å². The lowest BCUT2D eigenvalue weighted by Gasteiger charge is -2.06. The van der Waals surface area contributed by atoms with Crippen LogP contribution in [0.5, 0.6) is 0 Å². The van der Waals surface area contributed by atoms with Gasteiger partial charge in [-0.1, -0.05) is 11.2 Å². The van der Waals surface area contributed by atoms with Crippen LogP contribution in [0.15, 0.2) is 23.4 Å². The Bertz CT molecular complexity index is 372. The van der Waals surface area contributed by atoms with Gasteiger partial charge in [-0.25, -0.2) is 0 Å². The molecule has 0 aliphatic heterocycles. The maximum atomic E-state index is 8.51. The Morgan fingerprint density at radius 1 is 1.36 bits per heavy atom. The van der Waals surface area contributed by atoms with Gasteiger partial charge < -0.3 is 10.5 Å². The average molecular weight is 190 g/mol. The number of fused-ring (bicyclic) bond motifs is 1. The summed E-state index contributed by atoms with van der Waals surface area (Å²) in [6, 6.07) is 6.31. The molecule has 0 bridgehead atoms. The second kappa shape index (κ2) is 3.70. The number of rotatable bonds is 1. The van der Waals surface area contributed by atoms with E-state index in [9.17, 15) is 0 Å². The molecule has 2 rings (SSSR count). The van der Waals surface area contributed by atoms with Crippen LogP contribution in [-0.4, -0.2) is 11.0 Å². The van der Waals surface area contributed by atoms with Gasteiger partial charge in [-0.2, -0.15) is 0 Å². The standard InChI is InChI=1S/C11H14N2O/c1-8(13-14)12-11-6-5-9-3-2-4-10(9)7-11/h5-7,14H,2-4H2,1H3,(H,12,13). The van der Waals surface area contributed by atoms with Gasteiger partial charge in [-0.3, -0.25) is 0 Å². The Kier molecular flexibility index (Phi) is 2.39. The van der Waals surface area contributed by atoms with Crippen LogP contribution in [0.4, 0.5) is 5.69 Å². The van der Waals surface area contributed by atoms with Crippen LogP contribution in [0.25, 0.3) is 0 Å². The predicted octanol–water partition coefficient (Wildman–Crippen LogP) is 2.39. The van der Waals surface area contributed by atoms with Gasteiger partial charge in [0.05, 0.1) is 0 Å². The van der Waals surface area contributed by atoms with Crippen molar-refractivity contribution in [2.45, 2.75) is 26.2 Å². The van der Waals surface area contributed by atoms with Crippen LogP contribution in [0.1, 0.15) is 24.5 Å². The highest BCUT2D eigenvalue weighted by Crippen LogP contribution is 2.24. The Morgan fingerprint density at radius 3 is 2.93 bits per heavy atom. The van der Waals surface area contributed by atoms with Crippen molar-refractivity contribution in [2.75, 3.05) is 5.32 Å². The molecule has 0 radical (unpaired) electrons. The van der Waals surface area contributed by atoms with Gasteiger partial charge in [-0.15, -0.1) is 0 Å². The van der Waals surface area contributed by atoms with Crippen LogP contribution in [0.2, 0.25) is 0 Å². The van der Waals surface area contributed by atoms with Gasteiger partial charge >= 0.3 is 0 Å². The van der Waals surface area contributed by atoms with Crippen LogP contribution in [0.3, 0.4) is 0 Å². The number of hydrogen-bond donors (Lipinski definition) is 2. The molecule has 0 saturated heterocycles. The van der Waals surface area contributed by atoms with E-state index >= 15 is 0 Å². The first-order chi connectivity index (χ1) is 6.79. The minimum atomic E-state index is 0.517. The Hall–Kier alpha value is -1.51. The summed E-state index contributed by atoms with van der Waals surface area (Å²) in [6.45, 7) is 1.73. The summed E-state index contributed by atoms with van der Waals surface area (Å²) in [5.74, 6) is 0.517. The second-order valence-electron chi connectivity index (χ2n) is 3.65. The second-order valence-corrected chi connectivity index (χ2v) is 3.65. The van der Waals surface area contributed by atoms with Gasteiger partial charge in [0.1, 0.15) is 5.84 Å². The molecule has 3 heteroatoms. The molecule has 0 heterocycles. The molecular formula is C11H14N2O. The molecule has 1 aliphatic rings. The summed E-state index contributed by atoms with van der Waals surface area (Å²) in [5.41, 5.74) is 3.87. The third-order valence-corrected chi connectivity index (χ3v) is 2.57. The first-order valence-corrected chi connectivity index (χ1v) is 4.87. The maximum absolute atomic E-state index is 8.51. The minimum absolute atomic E-state index is 0.517. The number of hydrogen-bond acceptors (Lipinski definition) is 2. The molecule has 1 aromatic rings. The van der Waals surface area contributed by atoms with Crippen LogP contribution < -0.4 is 5.32 Å². The van der Waals surface area contributed by atoms with E-state index in [0.717, 1.165) is 5.69 Å². The smallest absolute Gasteiger partial charge is 0.142 e. The van der Waals surface area contributed by atoms with Gasteiger partial charge in [0.25, 0.3) is 0 Å². The fourth-order valence-electron chi connectivity index (χ4n) is 1.88. The number of nitrogens with one attached hydrogen (secondary N) is 1. The number of benzene rings is 1. The molecule has 2 N–H and O–H groups in total. The molecule has 0 fully saturated rings. The normalized spacial score (nSPS) is 15.4. The van der Waals surface area contributed by atoms with Crippen LogP contribution >= 0.6 is 0 Å². The fraction of sp³-hybridized carbons (Fsp3) is 0.364. The molecule has 3 nitrogen and oxygen atoms in total. The SMILES string of the molecule is CC(=NO)Nc1ccc2c(c1)CCC2. The minimum Gasteiger partial charge on any atom is -0.409 e. The number of aryl methyl sites for hydroxylation is 2. The van der Waals surface area contributed by atoms with E-state index in [4.69, 9.17) is 5.21 Å². The van der Waals surface area contributed by atoms with Crippen molar-refractivity contribution in [1.29, 1.82) is 0 Å². The van der Waals surface area contributed by atoms with E-state index in [0.29, 0.717) is 5.84 Å². The van der Waals surface area contributed by atoms with Gasteiger partial charge in [0.15, 0.2) is 0 Å². The lowest BCUT2D eigenvalue weighted by molar-refractivity contribution is 0.318. The zero-order valence-corrected chi connectivity index (χ0v) is 8.25. The summed E-state index contributed by atoms with van der Waals surface area (Å²) < 4.78 is 0. The number of anilines is 1. The molecular weight excluding hydrogens is 176 g/mol. The van der Waals surface area contributed by atoms with Crippen molar-refractivity contribution >= 4 is 11.5 Å². The van der Waals surface area contributed by atoms with Crippen molar-refractivity contribution in [3.8, 4) is 0 Å². The molecule has 0 saturated carbocycles. The summed E-state index contributed by atoms with van der Waals surface area (Å²) >= 11 is 0. The molecule has 14 heavy (non-hydrogen) atoms. The van der Waals surface area contributed by atoms with Gasteiger partial charge in [-0.05, 0) is 49.4 Å². The van der Waals surface area contributed by atoms with Crippen LogP contribution in [0, 0.1) is 0 Å². The van der Waals surface area contributed by atoms with Crippen LogP contribution in [-0.2, 0) is 12.8 Å². The van der Waals surface area contributed by atoms with Gasteiger partial charge in [0, 0.05) is 5.69 Å². The number of nitrogens with zero attached hydrogens (tertiary/aromatic N) is 1. The summed E-state index contributed by atoms with van der Waals surface area (Å²) in [4.78, 5) is 0. The molecule has 0 amide bonds. The first-order valence-electron chi connectivity index (χ1n) is 4.87. The first kappa shape index (κ1) is 9.06. The highest BCUT2D eigenvalue weighted by Gasteiger charge is 2.10. The van der Waals surface area contributed by atoms with E-state index in [2.05, 4.69) is 22.6 Å². The van der Waals surface area contributed by atoms with E-state index in [-0.39, 0.29) is 0 Å². The van der Waals surface area contributed by atoms with E-state index in [1.54, 1.807) is 6.92 Å². The quantitative estimate of drug-likeness (QED) is 0.309. The summed E-state index contributed by atoms with van der Waals surface area (Å²) in [7, 11) is 0. The van der Waals surface area contributed by atoms with E-state index in [1.807, 2.05) is 6.07 Å². The molecule has 0 unspecified atom stereocenters. The van der Waals surface area contributed by atoms with Crippen molar-refractivity contribution in [3.05, 3.63) is 29.3 Å². The van der Waals surface area contributed by atoms with E-state index in [1.165, 1.54) is 30.4 Å². The van der Waals surface area contributed by atoms with Crippen molar-refractivity contribution in [3.63, 3.8) is 0 Å². The predicted molar refractivity (Wildman–Crippen MR) is 57.0 cm³/mol. The van der Waals surface area contributed by atoms with Crippen molar-refractivity contribution in [1.82, 2.24) is 0 Å². The highest BCUT2D eigenvalue weighted by atomic mass is 16.4. The fourth-order valence-corrected chi connectivity index (χ4v) is 1.88. The lowest BCUT2D eigenvalue weighted by atomic mass is 10.1. The summed E-state index contributed by atoms with van der Waals surface area (Å²) in [6.07, 6.45) is 3.62. The monoisotopic (exact) mass is 190 g/mol. The third kappa shape index (κ3) is 1.71. The molecule has 1 aromatic carbocycles. The summed E-state index contributed by atoms with van der Waals surface area (Å²) in [5, 5.41) is 14.6. The zero-order valence-electron chi connectivity index (χ0n) is 8.25. The molecule has 0 atom stereocenters. The zero-order chi connectivity index (χ0) is 9.97. The van der Waals surface area contributed by atoms with E-state index < -0.39 is 0 Å². The van der Waals surface area contributed by atoms with Crippen molar-refractivity contribution < 1.29 is 5.21 Å². The third-order valence-electron chi connectivity index (χ3n) is 2.57. The largest absolute Gasteiger partial charge is 0.409 e. The average Bonchev–Trinajstić information content (AvgIpc) is 2.64. The molecule has 0 aromatic heterocycles. The molecule has 0 spiro atoms. The number of oxime groups is 1. The Morgan fingerprint density at radius 2 is 2.14 bits per heavy atom. The van der Waals surface area contributed by atoms with Gasteiger partial charge in [0.2, 0.25) is 0 Å². The van der Waals surface area contributed by atoms with Crippen molar-refractivity contribution in [2.24, 2.45) is 5.16 Å². The maximum Gasteiger partial charge on any atom is 0.142 e. The molecule has 74 valence electrons. The number of amidine groups is 1. The Labute approximate surface area is 83.4 Å².